The summed E-state index contributed by atoms with van der Waals surface area (Å²) in [5.41, 5.74) is 1.27. The van der Waals surface area contributed by atoms with Crippen LogP contribution in [0.5, 0.6) is 0 Å². The molecule has 0 aliphatic heterocycles. The molecule has 2 rings (SSSR count). The highest BCUT2D eigenvalue weighted by Gasteiger charge is 2.07. The number of thioether (sulfide) groups is 1. The number of hydrogen-bond donors (Lipinski definition) is 1. The molecule has 0 aliphatic rings. The maximum absolute atomic E-state index is 5.74. The molecule has 4 heteroatoms. The van der Waals surface area contributed by atoms with Crippen molar-refractivity contribution in [3.63, 3.8) is 0 Å². The van der Waals surface area contributed by atoms with Crippen molar-refractivity contribution in [1.29, 1.82) is 0 Å². The van der Waals surface area contributed by atoms with E-state index in [2.05, 4.69) is 58.7 Å². The Hall–Kier alpha value is -0.710. The molecule has 0 bridgehead atoms. The van der Waals surface area contributed by atoms with Gasteiger partial charge in [-0.25, -0.2) is 0 Å². The van der Waals surface area contributed by atoms with E-state index in [0.717, 1.165) is 28.3 Å². The molecule has 0 saturated carbocycles. The van der Waals surface area contributed by atoms with Gasteiger partial charge in [0.1, 0.15) is 11.5 Å². The summed E-state index contributed by atoms with van der Waals surface area (Å²) in [6.45, 7) is 2.91. The fraction of sp³-hybridized carbons (Fsp3) is 0.333. The monoisotopic (exact) mass is 339 g/mol. The van der Waals surface area contributed by atoms with Crippen LogP contribution in [0, 0.1) is 0 Å². The normalized spacial score (nSPS) is 12.6. The number of halogens is 1. The van der Waals surface area contributed by atoms with Crippen molar-refractivity contribution < 1.29 is 4.42 Å². The van der Waals surface area contributed by atoms with Crippen molar-refractivity contribution in [2.24, 2.45) is 0 Å². The summed E-state index contributed by atoms with van der Waals surface area (Å²) in [6.07, 6.45) is 2.08. The highest BCUT2D eigenvalue weighted by atomic mass is 79.9. The first-order chi connectivity index (χ1) is 9.19. The second-order valence-corrected chi connectivity index (χ2v) is 6.24. The van der Waals surface area contributed by atoms with Crippen LogP contribution in [-0.4, -0.2) is 6.26 Å². The second kappa shape index (κ2) is 7.17. The highest BCUT2D eigenvalue weighted by molar-refractivity contribution is 9.10. The van der Waals surface area contributed by atoms with Crippen LogP contribution in [0.15, 0.2) is 45.3 Å². The van der Waals surface area contributed by atoms with Gasteiger partial charge in [0, 0.05) is 10.5 Å². The zero-order chi connectivity index (χ0) is 13.7. The minimum Gasteiger partial charge on any atom is -0.464 e. The first kappa shape index (κ1) is 14.7. The standard InChI is InChI=1S/C15H18BrNOS/c1-11(12-4-3-5-13(16)8-12)17-9-14-6-7-15(18-14)10-19-2/h3-8,11,17H,9-10H2,1-2H3/t11-/m1/s1. The van der Waals surface area contributed by atoms with Gasteiger partial charge in [-0.15, -0.1) is 0 Å². The van der Waals surface area contributed by atoms with Gasteiger partial charge in [-0.05, 0) is 43.0 Å². The smallest absolute Gasteiger partial charge is 0.118 e. The van der Waals surface area contributed by atoms with Crippen LogP contribution < -0.4 is 5.32 Å². The molecule has 0 spiro atoms. The van der Waals surface area contributed by atoms with Gasteiger partial charge >= 0.3 is 0 Å². The molecule has 0 saturated heterocycles. The van der Waals surface area contributed by atoms with Crippen LogP contribution in [0.2, 0.25) is 0 Å². The summed E-state index contributed by atoms with van der Waals surface area (Å²) < 4.78 is 6.85. The SMILES string of the molecule is CSCc1ccc(CN[C@H](C)c2cccc(Br)c2)o1. The second-order valence-electron chi connectivity index (χ2n) is 4.46. The number of benzene rings is 1. The van der Waals surface area contributed by atoms with E-state index in [1.165, 1.54) is 5.56 Å². The van der Waals surface area contributed by atoms with Gasteiger partial charge in [0.25, 0.3) is 0 Å². The highest BCUT2D eigenvalue weighted by Crippen LogP contribution is 2.19. The molecule has 1 heterocycles. The minimum atomic E-state index is 0.298. The number of rotatable bonds is 6. The molecule has 2 aromatic rings. The molecule has 2 nitrogen and oxygen atoms in total. The maximum Gasteiger partial charge on any atom is 0.118 e. The molecule has 1 aromatic carbocycles. The van der Waals surface area contributed by atoms with Gasteiger partial charge in [0.15, 0.2) is 0 Å². The maximum atomic E-state index is 5.74. The van der Waals surface area contributed by atoms with Crippen LogP contribution >= 0.6 is 27.7 Å². The summed E-state index contributed by atoms with van der Waals surface area (Å²) in [6, 6.07) is 12.8. The zero-order valence-corrected chi connectivity index (χ0v) is 13.6. The van der Waals surface area contributed by atoms with Gasteiger partial charge in [-0.2, -0.15) is 11.8 Å². The molecule has 102 valence electrons. The average molecular weight is 340 g/mol. The van der Waals surface area contributed by atoms with Crippen LogP contribution in [0.4, 0.5) is 0 Å². The van der Waals surface area contributed by atoms with E-state index in [1.54, 1.807) is 11.8 Å². The number of hydrogen-bond acceptors (Lipinski definition) is 3. The van der Waals surface area contributed by atoms with E-state index >= 15 is 0 Å². The first-order valence-corrected chi connectivity index (χ1v) is 8.43. The minimum absolute atomic E-state index is 0.298. The Bertz CT molecular complexity index is 526. The molecule has 19 heavy (non-hydrogen) atoms. The topological polar surface area (TPSA) is 25.2 Å². The van der Waals surface area contributed by atoms with E-state index in [-0.39, 0.29) is 0 Å². The fourth-order valence-corrected chi connectivity index (χ4v) is 2.74. The fourth-order valence-electron chi connectivity index (χ4n) is 1.88. The van der Waals surface area contributed by atoms with Crippen molar-refractivity contribution >= 4 is 27.7 Å². The van der Waals surface area contributed by atoms with Gasteiger partial charge in [0.2, 0.25) is 0 Å². The molecular weight excluding hydrogens is 322 g/mol. The van der Waals surface area contributed by atoms with Gasteiger partial charge < -0.3 is 9.73 Å². The lowest BCUT2D eigenvalue weighted by atomic mass is 10.1. The predicted octanol–water partition coefficient (Wildman–Crippen LogP) is 4.76. The number of nitrogens with one attached hydrogen (secondary N) is 1. The molecule has 0 amide bonds. The van der Waals surface area contributed by atoms with Crippen LogP contribution in [-0.2, 0) is 12.3 Å². The zero-order valence-electron chi connectivity index (χ0n) is 11.2. The number of furan rings is 1. The van der Waals surface area contributed by atoms with E-state index in [9.17, 15) is 0 Å². The van der Waals surface area contributed by atoms with Gasteiger partial charge in [-0.3, -0.25) is 0 Å². The summed E-state index contributed by atoms with van der Waals surface area (Å²) in [5, 5.41) is 3.48. The largest absolute Gasteiger partial charge is 0.464 e. The van der Waals surface area contributed by atoms with Crippen molar-refractivity contribution in [3.8, 4) is 0 Å². The third-order valence-electron chi connectivity index (χ3n) is 2.94. The molecule has 0 radical (unpaired) electrons. The Balaban J connectivity index is 1.90. The van der Waals surface area contributed by atoms with E-state index < -0.39 is 0 Å². The van der Waals surface area contributed by atoms with Gasteiger partial charge in [-0.1, -0.05) is 28.1 Å². The lowest BCUT2D eigenvalue weighted by Gasteiger charge is -2.13. The Labute approximate surface area is 127 Å². The summed E-state index contributed by atoms with van der Waals surface area (Å²) >= 11 is 5.27. The Morgan fingerprint density at radius 2 is 2.05 bits per heavy atom. The van der Waals surface area contributed by atoms with Crippen molar-refractivity contribution in [2.75, 3.05) is 6.26 Å². The summed E-state index contributed by atoms with van der Waals surface area (Å²) in [4.78, 5) is 0. The molecule has 0 aliphatic carbocycles. The Morgan fingerprint density at radius 3 is 2.79 bits per heavy atom. The molecule has 0 unspecified atom stereocenters. The van der Waals surface area contributed by atoms with Crippen molar-refractivity contribution in [1.82, 2.24) is 5.32 Å². The lowest BCUT2D eigenvalue weighted by molar-refractivity contribution is 0.442. The third-order valence-corrected chi connectivity index (χ3v) is 4.00. The summed E-state index contributed by atoms with van der Waals surface area (Å²) in [7, 11) is 0. The van der Waals surface area contributed by atoms with E-state index in [4.69, 9.17) is 4.42 Å². The molecular formula is C15H18BrNOS. The van der Waals surface area contributed by atoms with Crippen molar-refractivity contribution in [2.45, 2.75) is 25.3 Å². The van der Waals surface area contributed by atoms with Crippen LogP contribution in [0.25, 0.3) is 0 Å². The van der Waals surface area contributed by atoms with Gasteiger partial charge in [0.05, 0.1) is 12.3 Å². The molecule has 1 N–H and O–H groups in total. The molecule has 1 atom stereocenters. The third kappa shape index (κ3) is 4.41. The lowest BCUT2D eigenvalue weighted by Crippen LogP contribution is -2.17. The van der Waals surface area contributed by atoms with E-state index in [1.807, 2.05) is 12.1 Å². The Kier molecular flexibility index (Phi) is 5.55. The first-order valence-electron chi connectivity index (χ1n) is 6.24. The molecule has 1 aromatic heterocycles. The Morgan fingerprint density at radius 1 is 1.26 bits per heavy atom. The average Bonchev–Trinajstić information content (AvgIpc) is 2.84. The van der Waals surface area contributed by atoms with Crippen LogP contribution in [0.1, 0.15) is 30.0 Å². The van der Waals surface area contributed by atoms with E-state index in [0.29, 0.717) is 6.04 Å². The summed E-state index contributed by atoms with van der Waals surface area (Å²) in [5.74, 6) is 2.96. The predicted molar refractivity (Wildman–Crippen MR) is 85.3 cm³/mol. The molecule has 0 fully saturated rings. The quantitative estimate of drug-likeness (QED) is 0.821. The van der Waals surface area contributed by atoms with Crippen molar-refractivity contribution in [3.05, 3.63) is 58.0 Å². The van der Waals surface area contributed by atoms with Crippen LogP contribution in [0.3, 0.4) is 0 Å².